The van der Waals surface area contributed by atoms with Gasteiger partial charge in [-0.1, -0.05) is 6.07 Å². The van der Waals surface area contributed by atoms with Crippen LogP contribution in [-0.4, -0.2) is 58.4 Å². The minimum absolute atomic E-state index is 0.0496. The molecule has 7 heteroatoms. The first-order chi connectivity index (χ1) is 11.8. The maximum atomic E-state index is 12.7. The van der Waals surface area contributed by atoms with Gasteiger partial charge in [0, 0.05) is 31.6 Å². The number of aliphatic imine (C=N–C) groups is 1. The number of nitrogens with zero attached hydrogens (tertiary/aromatic N) is 3. The van der Waals surface area contributed by atoms with Crippen molar-refractivity contribution in [1.82, 2.24) is 9.80 Å². The van der Waals surface area contributed by atoms with Gasteiger partial charge in [0.15, 0.2) is 5.96 Å². The standard InChI is InChI=1S/C18H24N4O3/c1-18(10-15(24)21(2)17(19)20-18)13-6-4-8-22(11-13)16(25)12-5-3-7-14(23)9-12/h3,5,7,9,13,23H,4,6,8,10-11H2,1-2H3,(H2,19,20)/t13?,18-/m0/s1. The topological polar surface area (TPSA) is 99.2 Å². The van der Waals surface area contributed by atoms with E-state index in [1.54, 1.807) is 30.1 Å². The Balaban J connectivity index is 1.79. The van der Waals surface area contributed by atoms with Crippen LogP contribution < -0.4 is 5.73 Å². The summed E-state index contributed by atoms with van der Waals surface area (Å²) in [6, 6.07) is 6.37. The highest BCUT2D eigenvalue weighted by atomic mass is 16.3. The first-order valence-electron chi connectivity index (χ1n) is 8.50. The van der Waals surface area contributed by atoms with Crippen LogP contribution in [0.15, 0.2) is 29.3 Å². The Hall–Kier alpha value is -2.57. The monoisotopic (exact) mass is 344 g/mol. The van der Waals surface area contributed by atoms with E-state index in [4.69, 9.17) is 5.73 Å². The average Bonchev–Trinajstić information content (AvgIpc) is 2.59. The molecule has 0 saturated carbocycles. The molecule has 3 rings (SSSR count). The zero-order valence-corrected chi connectivity index (χ0v) is 14.6. The SMILES string of the molecule is CN1C(=O)C[C@@](C)(C2CCCN(C(=O)c3cccc(O)c3)C2)N=C1N. The molecule has 0 aromatic heterocycles. The van der Waals surface area contributed by atoms with Crippen molar-refractivity contribution < 1.29 is 14.7 Å². The van der Waals surface area contributed by atoms with Crippen LogP contribution in [0.2, 0.25) is 0 Å². The third kappa shape index (κ3) is 3.31. The van der Waals surface area contributed by atoms with Gasteiger partial charge >= 0.3 is 0 Å². The molecule has 1 fully saturated rings. The molecule has 2 amide bonds. The third-order valence-electron chi connectivity index (χ3n) is 5.28. The number of nitrogens with two attached hydrogens (primary N) is 1. The van der Waals surface area contributed by atoms with E-state index in [0.717, 1.165) is 12.8 Å². The lowest BCUT2D eigenvalue weighted by Crippen LogP contribution is -2.54. The van der Waals surface area contributed by atoms with Crippen LogP contribution in [0, 0.1) is 5.92 Å². The van der Waals surface area contributed by atoms with Gasteiger partial charge in [0.05, 0.1) is 12.0 Å². The number of hydrogen-bond donors (Lipinski definition) is 2. The van der Waals surface area contributed by atoms with E-state index >= 15 is 0 Å². The Morgan fingerprint density at radius 1 is 1.44 bits per heavy atom. The van der Waals surface area contributed by atoms with E-state index in [2.05, 4.69) is 4.99 Å². The lowest BCUT2D eigenvalue weighted by Gasteiger charge is -2.43. The smallest absolute Gasteiger partial charge is 0.253 e. The van der Waals surface area contributed by atoms with Crippen molar-refractivity contribution in [1.29, 1.82) is 0 Å². The summed E-state index contributed by atoms with van der Waals surface area (Å²) in [5.41, 5.74) is 5.77. The van der Waals surface area contributed by atoms with E-state index in [1.165, 1.54) is 11.0 Å². The van der Waals surface area contributed by atoms with Crippen molar-refractivity contribution in [3.05, 3.63) is 29.8 Å². The number of guanidine groups is 1. The predicted molar refractivity (Wildman–Crippen MR) is 94.1 cm³/mol. The molecule has 1 unspecified atom stereocenters. The number of aromatic hydroxyl groups is 1. The maximum absolute atomic E-state index is 12.7. The van der Waals surface area contributed by atoms with Crippen molar-refractivity contribution in [3.63, 3.8) is 0 Å². The van der Waals surface area contributed by atoms with Crippen LogP contribution >= 0.6 is 0 Å². The van der Waals surface area contributed by atoms with Crippen LogP contribution in [0.5, 0.6) is 5.75 Å². The van der Waals surface area contributed by atoms with E-state index in [-0.39, 0.29) is 29.4 Å². The van der Waals surface area contributed by atoms with Crippen LogP contribution in [0.25, 0.3) is 0 Å². The molecule has 134 valence electrons. The van der Waals surface area contributed by atoms with Gasteiger partial charge in [0.2, 0.25) is 5.91 Å². The van der Waals surface area contributed by atoms with Gasteiger partial charge < -0.3 is 15.7 Å². The Kier molecular flexibility index (Phi) is 4.41. The molecule has 1 aromatic carbocycles. The van der Waals surface area contributed by atoms with Crippen molar-refractivity contribution in [2.45, 2.75) is 31.7 Å². The summed E-state index contributed by atoms with van der Waals surface area (Å²) in [6.45, 7) is 3.13. The second-order valence-corrected chi connectivity index (χ2v) is 7.10. The van der Waals surface area contributed by atoms with Crippen molar-refractivity contribution in [2.24, 2.45) is 16.6 Å². The Labute approximate surface area is 147 Å². The van der Waals surface area contributed by atoms with Gasteiger partial charge in [-0.3, -0.25) is 14.5 Å². The minimum Gasteiger partial charge on any atom is -0.508 e. The number of benzene rings is 1. The molecule has 2 aliphatic heterocycles. The number of likely N-dealkylation sites (tertiary alicyclic amines) is 1. The van der Waals surface area contributed by atoms with Crippen molar-refractivity contribution in [2.75, 3.05) is 20.1 Å². The molecular formula is C18H24N4O3. The summed E-state index contributed by atoms with van der Waals surface area (Å²) < 4.78 is 0. The second-order valence-electron chi connectivity index (χ2n) is 7.10. The van der Waals surface area contributed by atoms with Gasteiger partial charge in [-0.05, 0) is 38.0 Å². The molecule has 7 nitrogen and oxygen atoms in total. The quantitative estimate of drug-likeness (QED) is 0.841. The fraction of sp³-hybridized carbons (Fsp3) is 0.500. The van der Waals surface area contributed by atoms with E-state index in [0.29, 0.717) is 25.1 Å². The molecule has 2 aliphatic rings. The maximum Gasteiger partial charge on any atom is 0.253 e. The molecule has 0 spiro atoms. The third-order valence-corrected chi connectivity index (χ3v) is 5.28. The predicted octanol–water partition coefficient (Wildman–Crippen LogP) is 1.18. The lowest BCUT2D eigenvalue weighted by molar-refractivity contribution is -0.129. The molecule has 0 radical (unpaired) electrons. The van der Waals surface area contributed by atoms with Gasteiger partial charge in [0.1, 0.15) is 5.75 Å². The summed E-state index contributed by atoms with van der Waals surface area (Å²) in [5, 5.41) is 9.60. The number of carbonyl (C=O) groups is 2. The molecular weight excluding hydrogens is 320 g/mol. The summed E-state index contributed by atoms with van der Waals surface area (Å²) >= 11 is 0. The molecule has 0 bridgehead atoms. The highest BCUT2D eigenvalue weighted by molar-refractivity contribution is 5.98. The van der Waals surface area contributed by atoms with Crippen LogP contribution in [0.3, 0.4) is 0 Å². The fourth-order valence-electron chi connectivity index (χ4n) is 3.66. The van der Waals surface area contributed by atoms with Crippen molar-refractivity contribution in [3.8, 4) is 5.75 Å². The van der Waals surface area contributed by atoms with E-state index in [1.807, 2.05) is 6.92 Å². The Morgan fingerprint density at radius 2 is 2.20 bits per heavy atom. The van der Waals surface area contributed by atoms with Gasteiger partial charge in [-0.2, -0.15) is 0 Å². The number of hydrogen-bond acceptors (Lipinski definition) is 5. The summed E-state index contributed by atoms with van der Waals surface area (Å²) in [4.78, 5) is 32.7. The fourth-order valence-corrected chi connectivity index (χ4v) is 3.66. The van der Waals surface area contributed by atoms with Gasteiger partial charge in [0.25, 0.3) is 5.91 Å². The molecule has 2 heterocycles. The number of amides is 2. The largest absolute Gasteiger partial charge is 0.508 e. The van der Waals surface area contributed by atoms with Crippen LogP contribution in [0.4, 0.5) is 0 Å². The van der Waals surface area contributed by atoms with E-state index < -0.39 is 5.54 Å². The Bertz CT molecular complexity index is 733. The van der Waals surface area contributed by atoms with Gasteiger partial charge in [-0.25, -0.2) is 4.99 Å². The van der Waals surface area contributed by atoms with Gasteiger partial charge in [-0.15, -0.1) is 0 Å². The average molecular weight is 344 g/mol. The molecule has 2 atom stereocenters. The lowest BCUT2D eigenvalue weighted by atomic mass is 9.77. The van der Waals surface area contributed by atoms with Crippen molar-refractivity contribution >= 4 is 17.8 Å². The first kappa shape index (κ1) is 17.3. The van der Waals surface area contributed by atoms with Crippen LogP contribution in [0.1, 0.15) is 36.5 Å². The number of carbonyl (C=O) groups excluding carboxylic acids is 2. The zero-order chi connectivity index (χ0) is 18.2. The molecule has 25 heavy (non-hydrogen) atoms. The number of rotatable bonds is 2. The highest BCUT2D eigenvalue weighted by Gasteiger charge is 2.43. The second kappa shape index (κ2) is 6.38. The minimum atomic E-state index is -0.592. The summed E-state index contributed by atoms with van der Waals surface area (Å²) in [5.74, 6) is 0.213. The highest BCUT2D eigenvalue weighted by Crippen LogP contribution is 2.36. The molecule has 1 aromatic rings. The molecule has 3 N–H and O–H groups in total. The summed E-state index contributed by atoms with van der Waals surface area (Å²) in [7, 11) is 1.62. The summed E-state index contributed by atoms with van der Waals surface area (Å²) in [6.07, 6.45) is 2.04. The normalized spacial score (nSPS) is 27.2. The first-order valence-corrected chi connectivity index (χ1v) is 8.50. The Morgan fingerprint density at radius 3 is 2.88 bits per heavy atom. The zero-order valence-electron chi connectivity index (χ0n) is 14.6. The number of phenols is 1. The number of piperidine rings is 1. The van der Waals surface area contributed by atoms with Crippen LogP contribution in [-0.2, 0) is 4.79 Å². The molecule has 0 aliphatic carbocycles. The number of phenolic OH excluding ortho intramolecular Hbond substituents is 1. The van der Waals surface area contributed by atoms with E-state index in [9.17, 15) is 14.7 Å². The molecule has 1 saturated heterocycles.